The molecule has 0 aliphatic carbocycles. The van der Waals surface area contributed by atoms with E-state index in [1.807, 2.05) is 6.26 Å². The molecular weight excluding hydrogens is 458 g/mol. The molecule has 186 valence electrons. The van der Waals surface area contributed by atoms with Gasteiger partial charge >= 0.3 is 5.97 Å². The fourth-order valence-electron chi connectivity index (χ4n) is 3.73. The first-order valence-electron chi connectivity index (χ1n) is 10.6. The Morgan fingerprint density at radius 2 is 1.76 bits per heavy atom. The SMILES string of the molecule is CSCC[C@H](NC(=O)CNC(=O)[C@@H]1C[C@@H](O)CN1)C(=O)N1C[C@H](O)C[C@H]1C(=O)NCC(=O)O. The highest BCUT2D eigenvalue weighted by Gasteiger charge is 2.41. The van der Waals surface area contributed by atoms with Crippen LogP contribution in [0.4, 0.5) is 0 Å². The molecule has 14 heteroatoms. The Hall–Kier alpha value is -2.42. The predicted molar refractivity (Wildman–Crippen MR) is 117 cm³/mol. The monoisotopic (exact) mass is 489 g/mol. The Kier molecular flexibility index (Phi) is 10.3. The number of aliphatic hydroxyl groups excluding tert-OH is 2. The third-order valence-electron chi connectivity index (χ3n) is 5.37. The van der Waals surface area contributed by atoms with Crippen LogP contribution >= 0.6 is 11.8 Å². The average molecular weight is 490 g/mol. The van der Waals surface area contributed by atoms with Crippen LogP contribution in [0.2, 0.25) is 0 Å². The molecule has 33 heavy (non-hydrogen) atoms. The summed E-state index contributed by atoms with van der Waals surface area (Å²) in [5.41, 5.74) is 0. The Bertz CT molecular complexity index is 754. The Labute approximate surface area is 195 Å². The highest BCUT2D eigenvalue weighted by molar-refractivity contribution is 7.98. The van der Waals surface area contributed by atoms with Gasteiger partial charge in [0.15, 0.2) is 0 Å². The van der Waals surface area contributed by atoms with Gasteiger partial charge in [-0.15, -0.1) is 0 Å². The standard InChI is InChI=1S/C19H31N5O8S/c1-33-3-2-12(23-15(27)7-21-17(30)13-4-10(25)6-20-13)19(32)24-9-11(26)5-14(24)18(31)22-8-16(28)29/h10-14,20,25-26H,2-9H2,1H3,(H,21,30)(H,22,31)(H,23,27)(H,28,29)/t10-,11-,12+,13+,14+/m1/s1. The van der Waals surface area contributed by atoms with Crippen molar-refractivity contribution in [3.63, 3.8) is 0 Å². The quantitative estimate of drug-likeness (QED) is 0.151. The van der Waals surface area contributed by atoms with Crippen LogP contribution < -0.4 is 21.3 Å². The van der Waals surface area contributed by atoms with Crippen LogP contribution in [-0.4, -0.2) is 118 Å². The van der Waals surface area contributed by atoms with Crippen molar-refractivity contribution < 1.29 is 39.3 Å². The van der Waals surface area contributed by atoms with Crippen LogP contribution in [-0.2, 0) is 24.0 Å². The molecule has 0 unspecified atom stereocenters. The summed E-state index contributed by atoms with van der Waals surface area (Å²) in [4.78, 5) is 61.9. The zero-order valence-corrected chi connectivity index (χ0v) is 19.1. The van der Waals surface area contributed by atoms with Gasteiger partial charge in [0.25, 0.3) is 0 Å². The molecule has 2 heterocycles. The average Bonchev–Trinajstić information content (AvgIpc) is 3.38. The van der Waals surface area contributed by atoms with Gasteiger partial charge in [-0.1, -0.05) is 0 Å². The van der Waals surface area contributed by atoms with E-state index in [4.69, 9.17) is 5.11 Å². The van der Waals surface area contributed by atoms with Gasteiger partial charge in [0.2, 0.25) is 23.6 Å². The van der Waals surface area contributed by atoms with Crippen LogP contribution in [0.5, 0.6) is 0 Å². The lowest BCUT2D eigenvalue weighted by atomic mass is 10.1. The summed E-state index contributed by atoms with van der Waals surface area (Å²) in [6.07, 6.45) is 0.696. The van der Waals surface area contributed by atoms with Gasteiger partial charge in [-0.25, -0.2) is 0 Å². The number of hydrogen-bond acceptors (Lipinski definition) is 9. The lowest BCUT2D eigenvalue weighted by Gasteiger charge is -2.28. The minimum atomic E-state index is -1.24. The van der Waals surface area contributed by atoms with Gasteiger partial charge in [0, 0.05) is 19.5 Å². The second kappa shape index (κ2) is 12.7. The molecule has 0 saturated carbocycles. The molecule has 0 aromatic carbocycles. The summed E-state index contributed by atoms with van der Waals surface area (Å²) in [7, 11) is 0. The molecule has 0 radical (unpaired) electrons. The van der Waals surface area contributed by atoms with Crippen LogP contribution in [0.1, 0.15) is 19.3 Å². The zero-order valence-electron chi connectivity index (χ0n) is 18.3. The molecule has 0 aromatic heterocycles. The number of aliphatic hydroxyl groups is 2. The van der Waals surface area contributed by atoms with E-state index in [9.17, 15) is 34.2 Å². The fourth-order valence-corrected chi connectivity index (χ4v) is 4.20. The fraction of sp³-hybridized carbons (Fsp3) is 0.737. The van der Waals surface area contributed by atoms with E-state index in [1.165, 1.54) is 11.8 Å². The molecule has 2 fully saturated rings. The molecule has 5 atom stereocenters. The zero-order chi connectivity index (χ0) is 24.5. The number of nitrogens with zero attached hydrogens (tertiary/aromatic N) is 1. The van der Waals surface area contributed by atoms with E-state index in [2.05, 4.69) is 21.3 Å². The van der Waals surface area contributed by atoms with Crippen molar-refractivity contribution >= 4 is 41.4 Å². The molecule has 0 spiro atoms. The number of carbonyl (C=O) groups is 5. The smallest absolute Gasteiger partial charge is 0.322 e. The lowest BCUT2D eigenvalue weighted by Crippen LogP contribution is -2.55. The molecule has 13 nitrogen and oxygen atoms in total. The van der Waals surface area contributed by atoms with E-state index in [0.29, 0.717) is 12.3 Å². The minimum Gasteiger partial charge on any atom is -0.480 e. The number of thioether (sulfide) groups is 1. The van der Waals surface area contributed by atoms with Crippen molar-refractivity contribution in [1.29, 1.82) is 0 Å². The number of carbonyl (C=O) groups excluding carboxylic acids is 4. The van der Waals surface area contributed by atoms with Crippen LogP contribution in [0.25, 0.3) is 0 Å². The molecule has 0 aromatic rings. The van der Waals surface area contributed by atoms with Crippen molar-refractivity contribution in [2.75, 3.05) is 38.2 Å². The highest BCUT2D eigenvalue weighted by atomic mass is 32.2. The number of aliphatic carboxylic acids is 1. The van der Waals surface area contributed by atoms with Crippen LogP contribution in [0.15, 0.2) is 0 Å². The van der Waals surface area contributed by atoms with Gasteiger partial charge < -0.3 is 41.5 Å². The first kappa shape index (κ1) is 26.8. The number of likely N-dealkylation sites (tertiary alicyclic amines) is 1. The molecule has 7 N–H and O–H groups in total. The van der Waals surface area contributed by atoms with Gasteiger partial charge in [0.05, 0.1) is 24.8 Å². The summed E-state index contributed by atoms with van der Waals surface area (Å²) in [6, 6.07) is -2.65. The Balaban J connectivity index is 1.97. The van der Waals surface area contributed by atoms with Crippen molar-refractivity contribution in [2.45, 2.75) is 49.6 Å². The number of nitrogens with one attached hydrogen (secondary N) is 4. The van der Waals surface area contributed by atoms with Crippen molar-refractivity contribution in [3.05, 3.63) is 0 Å². The Morgan fingerprint density at radius 1 is 1.06 bits per heavy atom. The molecule has 4 amide bonds. The molecule has 2 aliphatic rings. The van der Waals surface area contributed by atoms with E-state index in [1.54, 1.807) is 0 Å². The maximum Gasteiger partial charge on any atom is 0.322 e. The largest absolute Gasteiger partial charge is 0.480 e. The highest BCUT2D eigenvalue weighted by Crippen LogP contribution is 2.20. The summed E-state index contributed by atoms with van der Waals surface area (Å²) >= 11 is 1.45. The maximum absolute atomic E-state index is 13.1. The topological polar surface area (TPSA) is 197 Å². The van der Waals surface area contributed by atoms with E-state index < -0.39 is 66.5 Å². The number of amides is 4. The Morgan fingerprint density at radius 3 is 2.36 bits per heavy atom. The molecule has 2 rings (SSSR count). The molecule has 2 saturated heterocycles. The van der Waals surface area contributed by atoms with E-state index in [0.717, 1.165) is 4.90 Å². The third-order valence-corrected chi connectivity index (χ3v) is 6.01. The normalized spacial score (nSPS) is 25.4. The second-order valence-corrected chi connectivity index (χ2v) is 8.96. The summed E-state index contributed by atoms with van der Waals surface area (Å²) in [5, 5.41) is 38.3. The van der Waals surface area contributed by atoms with Crippen molar-refractivity contribution in [3.8, 4) is 0 Å². The van der Waals surface area contributed by atoms with Gasteiger partial charge in [0.1, 0.15) is 18.6 Å². The van der Waals surface area contributed by atoms with Gasteiger partial charge in [-0.2, -0.15) is 11.8 Å². The van der Waals surface area contributed by atoms with E-state index in [-0.39, 0.29) is 32.4 Å². The maximum atomic E-state index is 13.1. The number of hydrogen-bond donors (Lipinski definition) is 7. The van der Waals surface area contributed by atoms with Gasteiger partial charge in [-0.05, 0) is 24.9 Å². The first-order chi connectivity index (χ1) is 15.6. The summed E-state index contributed by atoms with van der Waals surface area (Å²) in [5.74, 6) is -3.03. The van der Waals surface area contributed by atoms with Crippen molar-refractivity contribution in [1.82, 2.24) is 26.2 Å². The second-order valence-electron chi connectivity index (χ2n) is 7.98. The van der Waals surface area contributed by atoms with Crippen LogP contribution in [0, 0.1) is 0 Å². The number of β-amino-alcohol motifs (C(OH)–C–C–N with tert-alkyl or cyclic N) is 2. The van der Waals surface area contributed by atoms with Crippen LogP contribution in [0.3, 0.4) is 0 Å². The third kappa shape index (κ3) is 8.14. The lowest BCUT2D eigenvalue weighted by molar-refractivity contribution is -0.142. The molecule has 0 bridgehead atoms. The minimum absolute atomic E-state index is 0.0450. The summed E-state index contributed by atoms with van der Waals surface area (Å²) in [6.45, 7) is -0.825. The van der Waals surface area contributed by atoms with Gasteiger partial charge in [-0.3, -0.25) is 24.0 Å². The number of rotatable bonds is 11. The van der Waals surface area contributed by atoms with Crippen molar-refractivity contribution in [2.24, 2.45) is 0 Å². The van der Waals surface area contributed by atoms with E-state index >= 15 is 0 Å². The first-order valence-corrected chi connectivity index (χ1v) is 12.0. The predicted octanol–water partition coefficient (Wildman–Crippen LogP) is -3.77. The molecular formula is C19H31N5O8S. The summed E-state index contributed by atoms with van der Waals surface area (Å²) < 4.78 is 0. The number of carboxylic acid groups (broad SMARTS) is 1. The number of carboxylic acids is 1. The molecule has 2 aliphatic heterocycles.